The minimum Gasteiger partial charge on any atom is -0.549 e. The van der Waals surface area contributed by atoms with Crippen molar-refractivity contribution in [3.8, 4) is 0 Å². The van der Waals surface area contributed by atoms with Crippen molar-refractivity contribution in [1.29, 1.82) is 0 Å². The fourth-order valence-electron chi connectivity index (χ4n) is 2.77. The van der Waals surface area contributed by atoms with E-state index in [1.807, 2.05) is 60.7 Å². The fourth-order valence-corrected chi connectivity index (χ4v) is 2.77. The van der Waals surface area contributed by atoms with Gasteiger partial charge in [0.2, 0.25) is 0 Å². The Morgan fingerprint density at radius 1 is 0.568 bits per heavy atom. The van der Waals surface area contributed by atoms with Crippen LogP contribution >= 0.6 is 0 Å². The first-order valence-corrected chi connectivity index (χ1v) is 9.51. The van der Waals surface area contributed by atoms with Crippen molar-refractivity contribution in [3.63, 3.8) is 0 Å². The van der Waals surface area contributed by atoms with Gasteiger partial charge in [0.15, 0.2) is 0 Å². The van der Waals surface area contributed by atoms with Gasteiger partial charge in [-0.05, 0) is 11.1 Å². The van der Waals surface area contributed by atoms with E-state index in [-0.39, 0.29) is 78.2 Å². The summed E-state index contributed by atoms with van der Waals surface area (Å²) in [4.78, 5) is 44.5. The molecule has 2 aromatic carbocycles. The molecule has 213 valence electrons. The number of carbonyl (C=O) groups excluding carboxylic acids is 2. The average Bonchev–Trinajstić information content (AvgIpc) is 2.68. The number of aliphatic carboxylic acids is 4. The van der Waals surface area contributed by atoms with Crippen molar-refractivity contribution in [2.75, 3.05) is 26.2 Å². The molecule has 0 amide bonds. The molecule has 37 heavy (non-hydrogen) atoms. The standard InChI is InChI=1S/2C11H13NO4.Cu.4H2O/c2*13-10(14)7-12(8-11(15)16)6-9-4-2-1-3-5-9;;;;;/h2*1-5H,6-8H2,(H,13,14)(H,15,16);;4*1H2/q;;+2;;;;/p-2. The number of benzene rings is 2. The van der Waals surface area contributed by atoms with Crippen LogP contribution in [0.5, 0.6) is 0 Å². The summed E-state index contributed by atoms with van der Waals surface area (Å²) >= 11 is 0. The van der Waals surface area contributed by atoms with E-state index in [2.05, 4.69) is 0 Å². The molecule has 0 spiro atoms. The van der Waals surface area contributed by atoms with E-state index in [0.29, 0.717) is 0 Å². The third-order valence-corrected chi connectivity index (χ3v) is 3.92. The number of hydrogen-bond acceptors (Lipinski definition) is 8. The summed E-state index contributed by atoms with van der Waals surface area (Å²) in [6, 6.07) is 18.2. The van der Waals surface area contributed by atoms with Crippen LogP contribution < -0.4 is 10.2 Å². The molecule has 14 nitrogen and oxygen atoms in total. The summed E-state index contributed by atoms with van der Waals surface area (Å²) in [6.45, 7) is -0.851. The van der Waals surface area contributed by atoms with Gasteiger partial charge >= 0.3 is 29.0 Å². The molecule has 0 saturated carbocycles. The summed E-state index contributed by atoms with van der Waals surface area (Å²) in [6.07, 6.45) is 0. The monoisotopic (exact) mass is 579 g/mol. The number of rotatable bonds is 12. The molecule has 0 aliphatic carbocycles. The minimum absolute atomic E-state index is 0. The molecule has 0 saturated heterocycles. The second-order valence-electron chi connectivity index (χ2n) is 6.79. The Labute approximate surface area is 223 Å². The molecular weight excluding hydrogens is 548 g/mol. The first kappa shape index (κ1) is 43.7. The van der Waals surface area contributed by atoms with Gasteiger partial charge in [-0.2, -0.15) is 0 Å². The normalized spacial score (nSPS) is 8.92. The topological polar surface area (TPSA) is 287 Å². The number of carbonyl (C=O) groups is 4. The van der Waals surface area contributed by atoms with Crippen molar-refractivity contribution >= 4 is 23.9 Å². The summed E-state index contributed by atoms with van der Waals surface area (Å²) in [5, 5.41) is 38.1. The SMILES string of the molecule is O.O.O.O.O=C([O-])CN(CC(=O)O)Cc1ccccc1.O=C([O-])CN(CC(=O)O)Cc1ccccc1.[Cu+2]. The van der Waals surface area contributed by atoms with Crippen molar-refractivity contribution in [2.24, 2.45) is 0 Å². The second-order valence-corrected chi connectivity index (χ2v) is 6.79. The fraction of sp³-hybridized carbons (Fsp3) is 0.273. The largest absolute Gasteiger partial charge is 2.00 e. The van der Waals surface area contributed by atoms with Crippen LogP contribution in [0.3, 0.4) is 0 Å². The molecule has 0 aliphatic heterocycles. The molecule has 0 bridgehead atoms. The molecule has 2 rings (SSSR count). The van der Waals surface area contributed by atoms with Gasteiger partial charge in [-0.15, -0.1) is 0 Å². The molecule has 2 aromatic rings. The van der Waals surface area contributed by atoms with Gasteiger partial charge < -0.3 is 51.9 Å². The van der Waals surface area contributed by atoms with Gasteiger partial charge in [0.1, 0.15) is 0 Å². The smallest absolute Gasteiger partial charge is 0.549 e. The molecular formula is C22H32CuN2O12. The Balaban J connectivity index is -0.000000163. The van der Waals surface area contributed by atoms with E-state index < -0.39 is 23.9 Å². The first-order valence-electron chi connectivity index (χ1n) is 9.51. The van der Waals surface area contributed by atoms with Gasteiger partial charge in [-0.3, -0.25) is 19.4 Å². The van der Waals surface area contributed by atoms with E-state index in [0.717, 1.165) is 11.1 Å². The van der Waals surface area contributed by atoms with Crippen LogP contribution in [-0.2, 0) is 49.3 Å². The van der Waals surface area contributed by atoms with Crippen LogP contribution in [0, 0.1) is 0 Å². The van der Waals surface area contributed by atoms with Crippen LogP contribution in [0.2, 0.25) is 0 Å². The second kappa shape index (κ2) is 24.3. The Hall–Kier alpha value is -3.40. The predicted molar refractivity (Wildman–Crippen MR) is 123 cm³/mol. The van der Waals surface area contributed by atoms with Crippen molar-refractivity contribution in [1.82, 2.24) is 9.80 Å². The summed E-state index contributed by atoms with van der Waals surface area (Å²) < 4.78 is 0. The number of nitrogens with zero attached hydrogens (tertiary/aromatic N) is 2. The molecule has 0 unspecified atom stereocenters. The maximum atomic E-state index is 10.5. The maximum Gasteiger partial charge on any atom is 2.00 e. The van der Waals surface area contributed by atoms with Crippen LogP contribution in [0.25, 0.3) is 0 Å². The Bertz CT molecular complexity index is 782. The number of hydrogen-bond donors (Lipinski definition) is 2. The van der Waals surface area contributed by atoms with E-state index in [9.17, 15) is 29.4 Å². The van der Waals surface area contributed by atoms with Crippen molar-refractivity contribution in [3.05, 3.63) is 71.8 Å². The molecule has 0 fully saturated rings. The van der Waals surface area contributed by atoms with E-state index in [1.54, 1.807) is 0 Å². The molecule has 15 heteroatoms. The zero-order valence-corrected chi connectivity index (χ0v) is 20.5. The molecule has 10 N–H and O–H groups in total. The van der Waals surface area contributed by atoms with E-state index in [4.69, 9.17) is 10.2 Å². The van der Waals surface area contributed by atoms with E-state index in [1.165, 1.54) is 9.80 Å². The predicted octanol–water partition coefficient (Wildman–Crippen LogP) is -4.66. The number of carboxylic acid groups (broad SMARTS) is 4. The van der Waals surface area contributed by atoms with Crippen LogP contribution in [-0.4, -0.2) is 92.0 Å². The van der Waals surface area contributed by atoms with Crippen molar-refractivity contribution < 1.29 is 78.6 Å². The minimum atomic E-state index is -1.28. The van der Waals surface area contributed by atoms with Gasteiger partial charge in [-0.25, -0.2) is 0 Å². The third kappa shape index (κ3) is 22.8. The van der Waals surface area contributed by atoms with Gasteiger partial charge in [0.25, 0.3) is 0 Å². The van der Waals surface area contributed by atoms with Crippen LogP contribution in [0.4, 0.5) is 0 Å². The summed E-state index contributed by atoms with van der Waals surface area (Å²) in [5.74, 6) is -4.68. The Kier molecular flexibility index (Phi) is 28.7. The Morgan fingerprint density at radius 3 is 1.05 bits per heavy atom. The molecule has 0 heterocycles. The van der Waals surface area contributed by atoms with Gasteiger partial charge in [0.05, 0.1) is 25.0 Å². The summed E-state index contributed by atoms with van der Waals surface area (Å²) in [5.41, 5.74) is 1.73. The zero-order chi connectivity index (χ0) is 23.9. The quantitative estimate of drug-likeness (QED) is 0.226. The van der Waals surface area contributed by atoms with Crippen molar-refractivity contribution in [2.45, 2.75) is 13.1 Å². The molecule has 1 radical (unpaired) electrons. The Morgan fingerprint density at radius 2 is 0.838 bits per heavy atom. The van der Waals surface area contributed by atoms with Gasteiger partial charge in [-0.1, -0.05) is 60.7 Å². The maximum absolute atomic E-state index is 10.5. The molecule has 0 aromatic heterocycles. The first-order chi connectivity index (χ1) is 15.2. The molecule has 0 atom stereocenters. The van der Waals surface area contributed by atoms with Crippen LogP contribution in [0.15, 0.2) is 60.7 Å². The third-order valence-electron chi connectivity index (χ3n) is 3.92. The average molecular weight is 580 g/mol. The van der Waals surface area contributed by atoms with Crippen LogP contribution in [0.1, 0.15) is 11.1 Å². The summed E-state index contributed by atoms with van der Waals surface area (Å²) in [7, 11) is 0. The molecule has 0 aliphatic rings. The van der Waals surface area contributed by atoms with Gasteiger partial charge in [0, 0.05) is 26.2 Å². The van der Waals surface area contributed by atoms with E-state index >= 15 is 0 Å². The number of carboxylic acids is 4. The zero-order valence-electron chi connectivity index (χ0n) is 19.6.